The van der Waals surface area contributed by atoms with Crippen LogP contribution in [0.3, 0.4) is 0 Å². The standard InChI is InChI=1S/C22H23F3N4O3S/c1-33(31,32)28-10-5-7-16(14-28)20-27-19(18-9-2-3-11-29(18)20)21(30)26-13-15-6-4-8-17(12-15)22(23,24)25/h2-4,6,8-9,11-12,16H,5,7,10,13-14H2,1H3,(H,26,30)/t16-/m0/s1. The van der Waals surface area contributed by atoms with Gasteiger partial charge in [-0.05, 0) is 42.7 Å². The Morgan fingerprint density at radius 2 is 2.00 bits per heavy atom. The number of piperidine rings is 1. The molecular weight excluding hydrogens is 457 g/mol. The molecule has 3 aromatic rings. The molecule has 0 radical (unpaired) electrons. The van der Waals surface area contributed by atoms with Gasteiger partial charge in [-0.1, -0.05) is 18.2 Å². The predicted octanol–water partition coefficient (Wildman–Crippen LogP) is 3.42. The molecule has 1 fully saturated rings. The van der Waals surface area contributed by atoms with E-state index in [0.717, 1.165) is 18.6 Å². The van der Waals surface area contributed by atoms with Crippen molar-refractivity contribution in [3.8, 4) is 0 Å². The summed E-state index contributed by atoms with van der Waals surface area (Å²) in [6, 6.07) is 10.1. The topological polar surface area (TPSA) is 83.8 Å². The number of rotatable bonds is 5. The summed E-state index contributed by atoms with van der Waals surface area (Å²) in [5.74, 6) is -0.116. The van der Waals surface area contributed by atoms with E-state index in [1.165, 1.54) is 22.7 Å². The van der Waals surface area contributed by atoms with E-state index in [2.05, 4.69) is 10.3 Å². The third kappa shape index (κ3) is 5.03. The number of nitrogens with zero attached hydrogens (tertiary/aromatic N) is 3. The second-order valence-electron chi connectivity index (χ2n) is 8.12. The quantitative estimate of drug-likeness (QED) is 0.607. The van der Waals surface area contributed by atoms with Crippen molar-refractivity contribution in [2.24, 2.45) is 0 Å². The van der Waals surface area contributed by atoms with Crippen LogP contribution in [0, 0.1) is 0 Å². The Morgan fingerprint density at radius 1 is 1.21 bits per heavy atom. The summed E-state index contributed by atoms with van der Waals surface area (Å²) >= 11 is 0. The van der Waals surface area contributed by atoms with Crippen LogP contribution in [0.15, 0.2) is 48.7 Å². The normalized spacial score (nSPS) is 17.9. The first kappa shape index (κ1) is 23.2. The van der Waals surface area contributed by atoms with Gasteiger partial charge in [-0.3, -0.25) is 4.79 Å². The number of amides is 1. The average molecular weight is 481 g/mol. The summed E-state index contributed by atoms with van der Waals surface area (Å²) in [6.45, 7) is 0.635. The van der Waals surface area contributed by atoms with Gasteiger partial charge in [0.2, 0.25) is 10.0 Å². The number of nitrogens with one attached hydrogen (secondary N) is 1. The van der Waals surface area contributed by atoms with Crippen LogP contribution in [0.25, 0.3) is 5.52 Å². The van der Waals surface area contributed by atoms with Gasteiger partial charge in [0.1, 0.15) is 5.82 Å². The molecule has 0 saturated carbocycles. The molecular formula is C22H23F3N4O3S. The molecule has 176 valence electrons. The Hall–Kier alpha value is -2.92. The number of pyridine rings is 1. The van der Waals surface area contributed by atoms with Crippen molar-refractivity contribution in [1.82, 2.24) is 19.0 Å². The maximum absolute atomic E-state index is 12.9. The maximum Gasteiger partial charge on any atom is 0.416 e. The number of fused-ring (bicyclic) bond motifs is 1. The number of hydrogen-bond donors (Lipinski definition) is 1. The summed E-state index contributed by atoms with van der Waals surface area (Å²) in [4.78, 5) is 17.5. The van der Waals surface area contributed by atoms with E-state index in [1.54, 1.807) is 28.8 Å². The van der Waals surface area contributed by atoms with Crippen molar-refractivity contribution in [2.75, 3.05) is 19.3 Å². The van der Waals surface area contributed by atoms with Crippen LogP contribution in [0.1, 0.15) is 46.2 Å². The number of benzene rings is 1. The molecule has 7 nitrogen and oxygen atoms in total. The van der Waals surface area contributed by atoms with Crippen molar-refractivity contribution in [1.29, 1.82) is 0 Å². The number of sulfonamides is 1. The number of halogens is 3. The third-order valence-electron chi connectivity index (χ3n) is 5.72. The molecule has 1 atom stereocenters. The highest BCUT2D eigenvalue weighted by atomic mass is 32.2. The molecule has 0 spiro atoms. The van der Waals surface area contributed by atoms with Crippen LogP contribution in [0.5, 0.6) is 0 Å². The molecule has 1 amide bonds. The van der Waals surface area contributed by atoms with E-state index in [0.29, 0.717) is 29.9 Å². The third-order valence-corrected chi connectivity index (χ3v) is 6.99. The number of alkyl halides is 3. The number of carbonyl (C=O) groups is 1. The molecule has 11 heteroatoms. The van der Waals surface area contributed by atoms with Crippen LogP contribution >= 0.6 is 0 Å². The van der Waals surface area contributed by atoms with Gasteiger partial charge in [0, 0.05) is 31.7 Å². The molecule has 1 aromatic carbocycles. The van der Waals surface area contributed by atoms with Crippen molar-refractivity contribution in [3.05, 3.63) is 71.3 Å². The van der Waals surface area contributed by atoms with Crippen molar-refractivity contribution >= 4 is 21.4 Å². The van der Waals surface area contributed by atoms with Gasteiger partial charge in [0.25, 0.3) is 5.91 Å². The predicted molar refractivity (Wildman–Crippen MR) is 116 cm³/mol. The zero-order chi connectivity index (χ0) is 23.8. The minimum Gasteiger partial charge on any atom is -0.347 e. The Balaban J connectivity index is 1.58. The Labute approximate surface area is 189 Å². The molecule has 1 saturated heterocycles. The van der Waals surface area contributed by atoms with Gasteiger partial charge < -0.3 is 9.72 Å². The van der Waals surface area contributed by atoms with E-state index in [1.807, 2.05) is 0 Å². The molecule has 4 rings (SSSR count). The highest BCUT2D eigenvalue weighted by molar-refractivity contribution is 7.88. The highest BCUT2D eigenvalue weighted by Gasteiger charge is 2.32. The summed E-state index contributed by atoms with van der Waals surface area (Å²) < 4.78 is 66.0. The van der Waals surface area contributed by atoms with Crippen LogP contribution in [0.4, 0.5) is 13.2 Å². The average Bonchev–Trinajstić information content (AvgIpc) is 3.16. The van der Waals surface area contributed by atoms with Gasteiger partial charge in [-0.2, -0.15) is 13.2 Å². The first-order chi connectivity index (χ1) is 15.5. The first-order valence-electron chi connectivity index (χ1n) is 10.4. The fraction of sp³-hybridized carbons (Fsp3) is 0.364. The largest absolute Gasteiger partial charge is 0.416 e. The SMILES string of the molecule is CS(=O)(=O)N1CCC[C@H](c2nc(C(=O)NCc3cccc(C(F)(F)F)c3)c3ccccn23)C1. The molecule has 0 aliphatic carbocycles. The Kier molecular flexibility index (Phi) is 6.19. The molecule has 1 aliphatic rings. The van der Waals surface area contributed by atoms with Gasteiger partial charge in [0.15, 0.2) is 5.69 Å². The van der Waals surface area contributed by atoms with Crippen LogP contribution < -0.4 is 5.32 Å². The zero-order valence-corrected chi connectivity index (χ0v) is 18.7. The molecule has 3 heterocycles. The van der Waals surface area contributed by atoms with E-state index < -0.39 is 27.7 Å². The highest BCUT2D eigenvalue weighted by Crippen LogP contribution is 2.30. The molecule has 2 aromatic heterocycles. The van der Waals surface area contributed by atoms with Gasteiger partial charge in [-0.15, -0.1) is 0 Å². The van der Waals surface area contributed by atoms with Gasteiger partial charge >= 0.3 is 6.18 Å². The van der Waals surface area contributed by atoms with Crippen LogP contribution in [-0.2, 0) is 22.7 Å². The van der Waals surface area contributed by atoms with E-state index >= 15 is 0 Å². The van der Waals surface area contributed by atoms with Gasteiger partial charge in [-0.25, -0.2) is 17.7 Å². The van der Waals surface area contributed by atoms with Crippen molar-refractivity contribution in [2.45, 2.75) is 31.5 Å². The smallest absolute Gasteiger partial charge is 0.347 e. The summed E-state index contributed by atoms with van der Waals surface area (Å²) in [6.07, 6.45) is -0.122. The number of hydrogen-bond acceptors (Lipinski definition) is 4. The minimum absolute atomic E-state index is 0.0881. The Morgan fingerprint density at radius 3 is 2.73 bits per heavy atom. The molecule has 0 bridgehead atoms. The monoisotopic (exact) mass is 480 g/mol. The molecule has 1 N–H and O–H groups in total. The van der Waals surface area contributed by atoms with Crippen LogP contribution in [-0.4, -0.2) is 47.4 Å². The fourth-order valence-electron chi connectivity index (χ4n) is 4.09. The number of carbonyl (C=O) groups excluding carboxylic acids is 1. The Bertz CT molecular complexity index is 1290. The lowest BCUT2D eigenvalue weighted by molar-refractivity contribution is -0.137. The van der Waals surface area contributed by atoms with E-state index in [9.17, 15) is 26.4 Å². The summed E-state index contributed by atoms with van der Waals surface area (Å²) in [7, 11) is -3.35. The zero-order valence-electron chi connectivity index (χ0n) is 17.8. The fourth-order valence-corrected chi connectivity index (χ4v) is 5.01. The second kappa shape index (κ2) is 8.79. The van der Waals surface area contributed by atoms with Crippen molar-refractivity contribution < 1.29 is 26.4 Å². The van der Waals surface area contributed by atoms with Crippen LogP contribution in [0.2, 0.25) is 0 Å². The lowest BCUT2D eigenvalue weighted by Crippen LogP contribution is -2.38. The van der Waals surface area contributed by atoms with E-state index in [-0.39, 0.29) is 24.7 Å². The lowest BCUT2D eigenvalue weighted by Gasteiger charge is -2.30. The van der Waals surface area contributed by atoms with E-state index in [4.69, 9.17) is 0 Å². The number of aromatic nitrogens is 2. The summed E-state index contributed by atoms with van der Waals surface area (Å²) in [5, 5.41) is 2.65. The number of imidazole rings is 1. The first-order valence-corrected chi connectivity index (χ1v) is 12.3. The van der Waals surface area contributed by atoms with Gasteiger partial charge in [0.05, 0.1) is 17.3 Å². The minimum atomic E-state index is -4.46. The molecule has 0 unspecified atom stereocenters. The lowest BCUT2D eigenvalue weighted by atomic mass is 9.99. The molecule has 1 aliphatic heterocycles. The second-order valence-corrected chi connectivity index (χ2v) is 10.1. The molecule has 33 heavy (non-hydrogen) atoms. The maximum atomic E-state index is 12.9. The van der Waals surface area contributed by atoms with Crippen molar-refractivity contribution in [3.63, 3.8) is 0 Å². The summed E-state index contributed by atoms with van der Waals surface area (Å²) in [5.41, 5.74) is 0.231.